The van der Waals surface area contributed by atoms with Gasteiger partial charge in [-0.1, -0.05) is 30.4 Å². The summed E-state index contributed by atoms with van der Waals surface area (Å²) in [4.78, 5) is 11.3. The Balaban J connectivity index is 1.81. The number of carbonyl (C=O) groups is 1. The summed E-state index contributed by atoms with van der Waals surface area (Å²) in [5.41, 5.74) is 1.29. The van der Waals surface area contributed by atoms with E-state index in [1.807, 2.05) is 12.2 Å². The summed E-state index contributed by atoms with van der Waals surface area (Å²) in [5, 5.41) is 12.4. The number of fused-ring (bicyclic) bond motifs is 3. The lowest BCUT2D eigenvalue weighted by atomic mass is 9.75. The number of hydrogen-bond acceptors (Lipinski definition) is 2. The number of rotatable bonds is 2. The van der Waals surface area contributed by atoms with Crippen molar-refractivity contribution in [3.8, 4) is 0 Å². The molecule has 134 valence electrons. The van der Waals surface area contributed by atoms with Gasteiger partial charge in [-0.25, -0.2) is 4.79 Å². The smallest absolute Gasteiger partial charge is 0.416 e. The van der Waals surface area contributed by atoms with Gasteiger partial charge in [0.1, 0.15) is 0 Å². The molecule has 0 fully saturated rings. The molecule has 0 aromatic heterocycles. The number of halogens is 3. The number of hydrogen-bond donors (Lipinski definition) is 2. The highest BCUT2D eigenvalue weighted by molar-refractivity contribution is 5.89. The van der Waals surface area contributed by atoms with E-state index < -0.39 is 23.8 Å². The molecule has 2 aromatic carbocycles. The fourth-order valence-corrected chi connectivity index (χ4v) is 4.06. The third kappa shape index (κ3) is 2.66. The largest absolute Gasteiger partial charge is 0.478 e. The Labute approximate surface area is 148 Å². The Kier molecular flexibility index (Phi) is 3.79. The maximum Gasteiger partial charge on any atom is 0.416 e. The van der Waals surface area contributed by atoms with Gasteiger partial charge in [0.05, 0.1) is 17.2 Å². The van der Waals surface area contributed by atoms with Gasteiger partial charge in [0.15, 0.2) is 0 Å². The van der Waals surface area contributed by atoms with Crippen LogP contribution in [0.25, 0.3) is 0 Å². The fraction of sp³-hybridized carbons (Fsp3) is 0.250. The van der Waals surface area contributed by atoms with Gasteiger partial charge < -0.3 is 10.4 Å². The van der Waals surface area contributed by atoms with Crippen LogP contribution in [0, 0.1) is 5.92 Å². The zero-order chi connectivity index (χ0) is 18.5. The molecule has 1 heterocycles. The Morgan fingerprint density at radius 3 is 2.62 bits per heavy atom. The zero-order valence-corrected chi connectivity index (χ0v) is 13.6. The van der Waals surface area contributed by atoms with E-state index in [0.29, 0.717) is 12.1 Å². The van der Waals surface area contributed by atoms with E-state index in [-0.39, 0.29) is 23.0 Å². The second-order valence-corrected chi connectivity index (χ2v) is 6.67. The molecule has 0 saturated carbocycles. The molecular formula is C20H16F3NO2. The van der Waals surface area contributed by atoms with Gasteiger partial charge >= 0.3 is 12.1 Å². The molecule has 2 N–H and O–H groups in total. The van der Waals surface area contributed by atoms with Crippen LogP contribution >= 0.6 is 0 Å². The van der Waals surface area contributed by atoms with Crippen molar-refractivity contribution in [2.45, 2.75) is 24.6 Å². The van der Waals surface area contributed by atoms with E-state index in [9.17, 15) is 23.1 Å². The molecule has 0 bridgehead atoms. The second kappa shape index (κ2) is 5.90. The summed E-state index contributed by atoms with van der Waals surface area (Å²) >= 11 is 0. The van der Waals surface area contributed by atoms with Crippen LogP contribution in [0.4, 0.5) is 18.9 Å². The summed E-state index contributed by atoms with van der Waals surface area (Å²) in [6.07, 6.45) is 0.153. The topological polar surface area (TPSA) is 49.3 Å². The van der Waals surface area contributed by atoms with Gasteiger partial charge in [0.2, 0.25) is 0 Å². The van der Waals surface area contributed by atoms with Gasteiger partial charge in [-0.2, -0.15) is 13.2 Å². The van der Waals surface area contributed by atoms with Crippen molar-refractivity contribution in [2.24, 2.45) is 5.92 Å². The molecule has 0 saturated heterocycles. The van der Waals surface area contributed by atoms with Crippen molar-refractivity contribution in [3.63, 3.8) is 0 Å². The van der Waals surface area contributed by atoms with Crippen LogP contribution in [-0.4, -0.2) is 11.1 Å². The summed E-state index contributed by atoms with van der Waals surface area (Å²) in [5.74, 6) is -1.21. The van der Waals surface area contributed by atoms with Gasteiger partial charge in [0.25, 0.3) is 0 Å². The predicted octanol–water partition coefficient (Wildman–Crippen LogP) is 5.23. The van der Waals surface area contributed by atoms with E-state index in [1.54, 1.807) is 18.2 Å². The minimum atomic E-state index is -4.42. The number of anilines is 1. The maximum atomic E-state index is 13.5. The SMILES string of the molecule is O=C(O)c1ccc2c(c1)C1C=CCC1[C@@H](c1ccccc1C(F)(F)F)N2. The lowest BCUT2D eigenvalue weighted by Crippen LogP contribution is -2.31. The molecule has 2 aliphatic rings. The first-order valence-electron chi connectivity index (χ1n) is 8.33. The highest BCUT2D eigenvalue weighted by Gasteiger charge is 2.42. The van der Waals surface area contributed by atoms with Crippen LogP contribution in [0.3, 0.4) is 0 Å². The van der Waals surface area contributed by atoms with Crippen LogP contribution in [-0.2, 0) is 6.18 Å². The van der Waals surface area contributed by atoms with E-state index in [1.165, 1.54) is 18.2 Å². The molecule has 2 unspecified atom stereocenters. The molecule has 6 heteroatoms. The van der Waals surface area contributed by atoms with Crippen LogP contribution in [0.2, 0.25) is 0 Å². The van der Waals surface area contributed by atoms with Crippen molar-refractivity contribution in [1.29, 1.82) is 0 Å². The molecular weight excluding hydrogens is 343 g/mol. The number of nitrogens with one attached hydrogen (secondary N) is 1. The highest BCUT2D eigenvalue weighted by atomic mass is 19.4. The summed E-state index contributed by atoms with van der Waals surface area (Å²) < 4.78 is 40.4. The summed E-state index contributed by atoms with van der Waals surface area (Å²) in [7, 11) is 0. The Hall–Kier alpha value is -2.76. The lowest BCUT2D eigenvalue weighted by Gasteiger charge is -2.38. The minimum Gasteiger partial charge on any atom is -0.478 e. The molecule has 26 heavy (non-hydrogen) atoms. The third-order valence-electron chi connectivity index (χ3n) is 5.21. The highest BCUT2D eigenvalue weighted by Crippen LogP contribution is 2.51. The second-order valence-electron chi connectivity index (χ2n) is 6.67. The molecule has 1 aliphatic carbocycles. The monoisotopic (exact) mass is 359 g/mol. The fourth-order valence-electron chi connectivity index (χ4n) is 4.06. The number of alkyl halides is 3. The van der Waals surface area contributed by atoms with Crippen molar-refractivity contribution >= 4 is 11.7 Å². The minimum absolute atomic E-state index is 0.0879. The standard InChI is InChI=1S/C20H16F3NO2/c21-20(22,23)16-7-2-1-4-14(16)18-13-6-3-5-12(13)15-10-11(19(25)26)8-9-17(15)24-18/h1-5,7-10,12-13,18,24H,6H2,(H,25,26)/t12?,13?,18-/m0/s1. The van der Waals surface area contributed by atoms with Crippen molar-refractivity contribution in [3.05, 3.63) is 76.9 Å². The molecule has 0 radical (unpaired) electrons. The number of allylic oxidation sites excluding steroid dienone is 2. The van der Waals surface area contributed by atoms with Gasteiger partial charge in [-0.05, 0) is 47.7 Å². The molecule has 3 nitrogen and oxygen atoms in total. The average molecular weight is 359 g/mol. The Morgan fingerprint density at radius 1 is 1.12 bits per heavy atom. The number of carboxylic acid groups (broad SMARTS) is 1. The van der Waals surface area contributed by atoms with Gasteiger partial charge in [-0.15, -0.1) is 0 Å². The van der Waals surface area contributed by atoms with E-state index in [0.717, 1.165) is 11.6 Å². The first-order chi connectivity index (χ1) is 12.4. The Morgan fingerprint density at radius 2 is 1.88 bits per heavy atom. The first-order valence-corrected chi connectivity index (χ1v) is 8.33. The van der Waals surface area contributed by atoms with Crippen LogP contribution < -0.4 is 5.32 Å². The van der Waals surface area contributed by atoms with Crippen LogP contribution in [0.5, 0.6) is 0 Å². The van der Waals surface area contributed by atoms with E-state index in [4.69, 9.17) is 0 Å². The summed E-state index contributed by atoms with van der Waals surface area (Å²) in [6, 6.07) is 9.88. The third-order valence-corrected chi connectivity index (χ3v) is 5.21. The van der Waals surface area contributed by atoms with E-state index >= 15 is 0 Å². The number of carboxylic acids is 1. The molecule has 2 aromatic rings. The Bertz CT molecular complexity index is 904. The molecule has 1 aliphatic heterocycles. The summed E-state index contributed by atoms with van der Waals surface area (Å²) in [6.45, 7) is 0. The first kappa shape index (κ1) is 16.7. The predicted molar refractivity (Wildman–Crippen MR) is 91.2 cm³/mol. The molecule has 0 spiro atoms. The van der Waals surface area contributed by atoms with Crippen molar-refractivity contribution < 1.29 is 23.1 Å². The zero-order valence-electron chi connectivity index (χ0n) is 13.6. The molecule has 4 rings (SSSR count). The van der Waals surface area contributed by atoms with Crippen molar-refractivity contribution in [1.82, 2.24) is 0 Å². The molecule has 3 atom stereocenters. The van der Waals surface area contributed by atoms with Crippen LogP contribution in [0.1, 0.15) is 45.4 Å². The maximum absolute atomic E-state index is 13.5. The number of benzene rings is 2. The quantitative estimate of drug-likeness (QED) is 0.722. The van der Waals surface area contributed by atoms with Crippen molar-refractivity contribution in [2.75, 3.05) is 5.32 Å². The lowest BCUT2D eigenvalue weighted by molar-refractivity contribution is -0.138. The average Bonchev–Trinajstić information content (AvgIpc) is 3.10. The number of aromatic carboxylic acids is 1. The normalized spacial score (nSPS) is 23.9. The van der Waals surface area contributed by atoms with E-state index in [2.05, 4.69) is 5.32 Å². The van der Waals surface area contributed by atoms with Gasteiger partial charge in [-0.3, -0.25) is 0 Å². The molecule has 0 amide bonds. The van der Waals surface area contributed by atoms with Crippen LogP contribution in [0.15, 0.2) is 54.6 Å². The van der Waals surface area contributed by atoms with Gasteiger partial charge in [0, 0.05) is 11.6 Å².